The highest BCUT2D eigenvalue weighted by molar-refractivity contribution is 5.95. The Morgan fingerprint density at radius 2 is 1.69 bits per heavy atom. The van der Waals surface area contributed by atoms with Crippen LogP contribution in [0.1, 0.15) is 26.3 Å². The van der Waals surface area contributed by atoms with E-state index in [4.69, 9.17) is 23.7 Å². The lowest BCUT2D eigenvalue weighted by Crippen LogP contribution is -2.34. The Bertz CT molecular complexity index is 900. The number of methoxy groups -OCH3 is 4. The van der Waals surface area contributed by atoms with Crippen LogP contribution in [0.15, 0.2) is 30.3 Å². The maximum absolute atomic E-state index is 12.6. The fourth-order valence-electron chi connectivity index (χ4n) is 3.20. The van der Waals surface area contributed by atoms with Crippen LogP contribution in [0.5, 0.6) is 23.0 Å². The summed E-state index contributed by atoms with van der Waals surface area (Å²) in [4.78, 5) is 24.3. The molecule has 0 bridgehead atoms. The Balaban J connectivity index is 1.66. The molecule has 154 valence electrons. The van der Waals surface area contributed by atoms with Crippen molar-refractivity contribution in [2.24, 2.45) is 0 Å². The van der Waals surface area contributed by atoms with Crippen molar-refractivity contribution in [3.8, 4) is 23.0 Å². The molecule has 0 saturated carbocycles. The van der Waals surface area contributed by atoms with E-state index in [9.17, 15) is 9.59 Å². The number of hydrogen-bond donors (Lipinski definition) is 1. The Morgan fingerprint density at radius 1 is 1.00 bits per heavy atom. The number of hydrogen-bond acceptors (Lipinski definition) is 7. The van der Waals surface area contributed by atoms with Gasteiger partial charge in [-0.3, -0.25) is 4.79 Å². The monoisotopic (exact) mass is 401 g/mol. The molecular weight excluding hydrogens is 378 g/mol. The third-order valence-corrected chi connectivity index (χ3v) is 4.64. The lowest BCUT2D eigenvalue weighted by atomic mass is 10.1. The first kappa shape index (κ1) is 20.3. The lowest BCUT2D eigenvalue weighted by Gasteiger charge is -2.15. The van der Waals surface area contributed by atoms with E-state index < -0.39 is 5.97 Å². The first-order chi connectivity index (χ1) is 14.0. The van der Waals surface area contributed by atoms with E-state index in [-0.39, 0.29) is 12.0 Å². The SMILES string of the molecule is COC(=O)c1ccc2c(c1)C[C@@H](CNC(=O)c1cc(OC)c(OC)c(OC)c1)O2. The van der Waals surface area contributed by atoms with Gasteiger partial charge in [-0.2, -0.15) is 0 Å². The van der Waals surface area contributed by atoms with Gasteiger partial charge in [-0.15, -0.1) is 0 Å². The minimum Gasteiger partial charge on any atom is -0.493 e. The smallest absolute Gasteiger partial charge is 0.337 e. The van der Waals surface area contributed by atoms with Crippen molar-refractivity contribution >= 4 is 11.9 Å². The van der Waals surface area contributed by atoms with Gasteiger partial charge in [0.15, 0.2) is 11.5 Å². The molecule has 2 aromatic carbocycles. The molecule has 0 spiro atoms. The largest absolute Gasteiger partial charge is 0.493 e. The molecule has 1 atom stereocenters. The van der Waals surface area contributed by atoms with Gasteiger partial charge < -0.3 is 29.0 Å². The first-order valence-electron chi connectivity index (χ1n) is 8.96. The fraction of sp³-hybridized carbons (Fsp3) is 0.333. The number of carbonyl (C=O) groups is 2. The summed E-state index contributed by atoms with van der Waals surface area (Å²) in [5, 5.41) is 2.86. The summed E-state index contributed by atoms with van der Waals surface area (Å²) < 4.78 is 26.4. The highest BCUT2D eigenvalue weighted by atomic mass is 16.5. The van der Waals surface area contributed by atoms with Crippen molar-refractivity contribution in [2.75, 3.05) is 35.0 Å². The first-order valence-corrected chi connectivity index (χ1v) is 8.96. The summed E-state index contributed by atoms with van der Waals surface area (Å²) in [5.74, 6) is 1.23. The van der Waals surface area contributed by atoms with Crippen molar-refractivity contribution in [1.29, 1.82) is 0 Å². The average Bonchev–Trinajstić information content (AvgIpc) is 3.17. The quantitative estimate of drug-likeness (QED) is 0.711. The molecule has 29 heavy (non-hydrogen) atoms. The minimum atomic E-state index is -0.396. The normalized spacial score (nSPS) is 14.4. The zero-order chi connectivity index (χ0) is 21.0. The van der Waals surface area contributed by atoms with Gasteiger partial charge in [-0.05, 0) is 35.9 Å². The van der Waals surface area contributed by atoms with Gasteiger partial charge in [0, 0.05) is 12.0 Å². The van der Waals surface area contributed by atoms with Crippen LogP contribution in [0.25, 0.3) is 0 Å². The molecule has 8 nitrogen and oxygen atoms in total. The van der Waals surface area contributed by atoms with Gasteiger partial charge >= 0.3 is 5.97 Å². The molecule has 1 heterocycles. The second kappa shape index (κ2) is 8.72. The number of fused-ring (bicyclic) bond motifs is 1. The molecule has 2 aromatic rings. The lowest BCUT2D eigenvalue weighted by molar-refractivity contribution is 0.0600. The van der Waals surface area contributed by atoms with Gasteiger partial charge in [0.25, 0.3) is 5.91 Å². The number of ether oxygens (including phenoxy) is 5. The Morgan fingerprint density at radius 3 is 2.28 bits per heavy atom. The molecule has 1 aliphatic rings. The number of amides is 1. The van der Waals surface area contributed by atoms with Crippen molar-refractivity contribution in [1.82, 2.24) is 5.32 Å². The van der Waals surface area contributed by atoms with E-state index in [1.807, 2.05) is 0 Å². The van der Waals surface area contributed by atoms with Crippen LogP contribution in [-0.4, -0.2) is 53.0 Å². The number of benzene rings is 2. The highest BCUT2D eigenvalue weighted by Gasteiger charge is 2.25. The topological polar surface area (TPSA) is 92.3 Å². The number of carbonyl (C=O) groups excluding carboxylic acids is 2. The second-order valence-corrected chi connectivity index (χ2v) is 6.38. The summed E-state index contributed by atoms with van der Waals surface area (Å²) in [6.07, 6.45) is 0.347. The van der Waals surface area contributed by atoms with E-state index in [2.05, 4.69) is 5.32 Å². The standard InChI is InChI=1S/C21H23NO7/c1-25-17-9-14(10-18(26-2)19(17)27-3)20(23)22-11-15-8-13-7-12(21(24)28-4)5-6-16(13)29-15/h5-7,9-10,15H,8,11H2,1-4H3,(H,22,23)/t15-/m0/s1. The molecule has 0 radical (unpaired) electrons. The molecule has 0 aromatic heterocycles. The van der Waals surface area contributed by atoms with Crippen LogP contribution in [0.4, 0.5) is 0 Å². The zero-order valence-electron chi connectivity index (χ0n) is 16.7. The third-order valence-electron chi connectivity index (χ3n) is 4.64. The van der Waals surface area contributed by atoms with Gasteiger partial charge in [-0.25, -0.2) is 4.79 Å². The number of rotatable bonds is 7. The Kier molecular flexibility index (Phi) is 6.11. The van der Waals surface area contributed by atoms with E-state index in [1.54, 1.807) is 30.3 Å². The van der Waals surface area contributed by atoms with Crippen LogP contribution in [0, 0.1) is 0 Å². The van der Waals surface area contributed by atoms with Crippen LogP contribution < -0.4 is 24.3 Å². The van der Waals surface area contributed by atoms with Crippen molar-refractivity contribution in [3.05, 3.63) is 47.0 Å². The minimum absolute atomic E-state index is 0.233. The van der Waals surface area contributed by atoms with Gasteiger partial charge in [0.1, 0.15) is 11.9 Å². The van der Waals surface area contributed by atoms with Gasteiger partial charge in [0.05, 0.1) is 40.5 Å². The van der Waals surface area contributed by atoms with Gasteiger partial charge in [-0.1, -0.05) is 0 Å². The Hall–Kier alpha value is -3.42. The second-order valence-electron chi connectivity index (χ2n) is 6.38. The fourth-order valence-corrected chi connectivity index (χ4v) is 3.20. The molecule has 1 amide bonds. The molecule has 0 fully saturated rings. The van der Waals surface area contributed by atoms with Crippen LogP contribution >= 0.6 is 0 Å². The molecule has 1 N–H and O–H groups in total. The number of nitrogens with one attached hydrogen (secondary N) is 1. The summed E-state index contributed by atoms with van der Waals surface area (Å²) in [7, 11) is 5.82. The van der Waals surface area contributed by atoms with Crippen molar-refractivity contribution in [3.63, 3.8) is 0 Å². The maximum Gasteiger partial charge on any atom is 0.337 e. The van der Waals surface area contributed by atoms with E-state index in [0.717, 1.165) is 5.56 Å². The molecule has 0 unspecified atom stereocenters. The molecule has 1 aliphatic heterocycles. The van der Waals surface area contributed by atoms with Gasteiger partial charge in [0.2, 0.25) is 5.75 Å². The van der Waals surface area contributed by atoms with Crippen molar-refractivity contribution < 1.29 is 33.3 Å². The predicted molar refractivity (Wildman–Crippen MR) is 104 cm³/mol. The van der Waals surface area contributed by atoms with Crippen LogP contribution in [-0.2, 0) is 11.2 Å². The Labute approximate surface area is 168 Å². The van der Waals surface area contributed by atoms with E-state index in [1.165, 1.54) is 28.4 Å². The number of esters is 1. The predicted octanol–water partition coefficient (Wildman–Crippen LogP) is 2.23. The van der Waals surface area contributed by atoms with Crippen molar-refractivity contribution in [2.45, 2.75) is 12.5 Å². The third kappa shape index (κ3) is 4.21. The van der Waals surface area contributed by atoms with E-state index >= 15 is 0 Å². The molecule has 0 saturated heterocycles. The molecule has 0 aliphatic carbocycles. The average molecular weight is 401 g/mol. The van der Waals surface area contributed by atoms with Crippen LogP contribution in [0.3, 0.4) is 0 Å². The summed E-state index contributed by atoms with van der Waals surface area (Å²) in [6, 6.07) is 8.32. The van der Waals surface area contributed by atoms with Crippen LogP contribution in [0.2, 0.25) is 0 Å². The zero-order valence-corrected chi connectivity index (χ0v) is 16.7. The summed E-state index contributed by atoms with van der Waals surface area (Å²) in [5.41, 5.74) is 1.75. The molecule has 3 rings (SSSR count). The summed E-state index contributed by atoms with van der Waals surface area (Å²) >= 11 is 0. The summed E-state index contributed by atoms with van der Waals surface area (Å²) in [6.45, 7) is 0.303. The maximum atomic E-state index is 12.6. The molecular formula is C21H23NO7. The molecule has 8 heteroatoms. The van der Waals surface area contributed by atoms with E-state index in [0.29, 0.717) is 47.1 Å². The highest BCUT2D eigenvalue weighted by Crippen LogP contribution is 2.38.